The third kappa shape index (κ3) is 9.85. The number of hydrogen-bond donors (Lipinski definition) is 3. The summed E-state index contributed by atoms with van der Waals surface area (Å²) in [7, 11) is -0.109. The molecule has 0 radical (unpaired) electrons. The summed E-state index contributed by atoms with van der Waals surface area (Å²) in [6, 6.07) is 23.6. The fraction of sp³-hybridized carbons (Fsp3) is 0.345. The molecule has 222 valence electrons. The van der Waals surface area contributed by atoms with Crippen molar-refractivity contribution in [1.29, 1.82) is 0 Å². The minimum absolute atomic E-state index is 0.137. The first-order valence-electron chi connectivity index (χ1n) is 12.9. The SMILES string of the molecule is COc1ccc(-c2cccc(CNC3CCN(C)CC3)c2)cc1S(=O)(=O)NCc1ccccc1.O=C(O)C(F)(F)F. The first-order valence-corrected chi connectivity index (χ1v) is 14.4. The fourth-order valence-corrected chi connectivity index (χ4v) is 5.46. The number of sulfonamides is 1. The molecule has 3 aromatic carbocycles. The van der Waals surface area contributed by atoms with Crippen molar-refractivity contribution in [3.05, 3.63) is 83.9 Å². The van der Waals surface area contributed by atoms with Crippen LogP contribution in [0.25, 0.3) is 11.1 Å². The number of benzene rings is 3. The minimum atomic E-state index is -5.08. The Bertz CT molecular complexity index is 1390. The molecule has 1 saturated heterocycles. The third-order valence-corrected chi connectivity index (χ3v) is 8.00. The van der Waals surface area contributed by atoms with Gasteiger partial charge >= 0.3 is 12.1 Å². The molecule has 1 aliphatic heterocycles. The number of hydrogen-bond acceptors (Lipinski definition) is 6. The average Bonchev–Trinajstić information content (AvgIpc) is 2.96. The van der Waals surface area contributed by atoms with E-state index < -0.39 is 22.2 Å². The first-order chi connectivity index (χ1) is 19.4. The lowest BCUT2D eigenvalue weighted by atomic mass is 10.0. The smallest absolute Gasteiger partial charge is 0.490 e. The highest BCUT2D eigenvalue weighted by Gasteiger charge is 2.38. The van der Waals surface area contributed by atoms with E-state index in [1.165, 1.54) is 12.7 Å². The van der Waals surface area contributed by atoms with Crippen LogP contribution in [0.1, 0.15) is 24.0 Å². The Hall–Kier alpha value is -3.45. The Morgan fingerprint density at radius 2 is 1.56 bits per heavy atom. The van der Waals surface area contributed by atoms with E-state index in [1.54, 1.807) is 12.1 Å². The zero-order valence-corrected chi connectivity index (χ0v) is 23.6. The summed E-state index contributed by atoms with van der Waals surface area (Å²) in [6.07, 6.45) is -2.77. The maximum atomic E-state index is 13.1. The van der Waals surface area contributed by atoms with Gasteiger partial charge in [0.25, 0.3) is 0 Å². The van der Waals surface area contributed by atoms with Crippen molar-refractivity contribution in [2.45, 2.75) is 43.0 Å². The molecular formula is C29H34F3N3O5S. The van der Waals surface area contributed by atoms with Crippen LogP contribution in [-0.4, -0.2) is 63.9 Å². The number of carbonyl (C=O) groups is 1. The van der Waals surface area contributed by atoms with E-state index in [9.17, 15) is 21.6 Å². The Kier molecular flexibility index (Phi) is 11.3. The molecule has 8 nitrogen and oxygen atoms in total. The number of rotatable bonds is 9. The van der Waals surface area contributed by atoms with Crippen LogP contribution in [0.15, 0.2) is 77.7 Å². The van der Waals surface area contributed by atoms with Gasteiger partial charge in [0.05, 0.1) is 7.11 Å². The summed E-state index contributed by atoms with van der Waals surface area (Å²) in [4.78, 5) is 11.4. The second kappa shape index (κ2) is 14.4. The zero-order valence-electron chi connectivity index (χ0n) is 22.8. The van der Waals surface area contributed by atoms with Crippen LogP contribution in [-0.2, 0) is 27.9 Å². The number of carboxylic acid groups (broad SMARTS) is 1. The molecule has 1 heterocycles. The molecule has 0 spiro atoms. The van der Waals surface area contributed by atoms with E-state index in [2.05, 4.69) is 34.1 Å². The molecule has 0 atom stereocenters. The van der Waals surface area contributed by atoms with Crippen molar-refractivity contribution in [3.63, 3.8) is 0 Å². The topological polar surface area (TPSA) is 108 Å². The number of nitrogens with one attached hydrogen (secondary N) is 2. The lowest BCUT2D eigenvalue weighted by molar-refractivity contribution is -0.192. The summed E-state index contributed by atoms with van der Waals surface area (Å²) < 4.78 is 66.1. The number of carboxylic acids is 1. The largest absolute Gasteiger partial charge is 0.495 e. The highest BCUT2D eigenvalue weighted by Crippen LogP contribution is 2.30. The van der Waals surface area contributed by atoms with Crippen LogP contribution in [0.3, 0.4) is 0 Å². The first kappa shape index (κ1) is 32.1. The van der Waals surface area contributed by atoms with Crippen LogP contribution in [0.4, 0.5) is 13.2 Å². The Balaban J connectivity index is 0.000000587. The molecule has 1 aliphatic rings. The molecule has 0 aromatic heterocycles. The molecule has 3 aromatic rings. The van der Waals surface area contributed by atoms with Crippen molar-refractivity contribution in [3.8, 4) is 16.9 Å². The van der Waals surface area contributed by atoms with Gasteiger partial charge in [-0.05, 0) is 73.4 Å². The maximum Gasteiger partial charge on any atom is 0.490 e. The number of halogens is 3. The van der Waals surface area contributed by atoms with Gasteiger partial charge in [0.2, 0.25) is 10.0 Å². The average molecular weight is 594 g/mol. The molecule has 3 N–H and O–H groups in total. The van der Waals surface area contributed by atoms with Gasteiger partial charge in [-0.3, -0.25) is 0 Å². The van der Waals surface area contributed by atoms with Gasteiger partial charge in [0.15, 0.2) is 0 Å². The van der Waals surface area contributed by atoms with Crippen molar-refractivity contribution in [1.82, 2.24) is 14.9 Å². The second-order valence-electron chi connectivity index (χ2n) is 9.64. The lowest BCUT2D eigenvalue weighted by Crippen LogP contribution is -2.40. The van der Waals surface area contributed by atoms with Gasteiger partial charge in [-0.1, -0.05) is 54.6 Å². The summed E-state index contributed by atoms with van der Waals surface area (Å²) in [5.74, 6) is -2.43. The molecular weight excluding hydrogens is 559 g/mol. The van der Waals surface area contributed by atoms with Gasteiger partial charge in [0, 0.05) is 19.1 Å². The number of alkyl halides is 3. The predicted octanol–water partition coefficient (Wildman–Crippen LogP) is 4.66. The highest BCUT2D eigenvalue weighted by molar-refractivity contribution is 7.89. The van der Waals surface area contributed by atoms with Gasteiger partial charge in [-0.2, -0.15) is 13.2 Å². The second-order valence-corrected chi connectivity index (χ2v) is 11.4. The van der Waals surface area contributed by atoms with Gasteiger partial charge < -0.3 is 20.1 Å². The van der Waals surface area contributed by atoms with E-state index in [-0.39, 0.29) is 11.4 Å². The van der Waals surface area contributed by atoms with Crippen LogP contribution in [0.2, 0.25) is 0 Å². The van der Waals surface area contributed by atoms with Gasteiger partial charge in [-0.25, -0.2) is 17.9 Å². The van der Waals surface area contributed by atoms with E-state index in [0.717, 1.165) is 49.2 Å². The molecule has 4 rings (SSSR count). The van der Waals surface area contributed by atoms with Crippen molar-refractivity contribution in [2.75, 3.05) is 27.2 Å². The number of ether oxygens (including phenoxy) is 1. The Morgan fingerprint density at radius 1 is 0.951 bits per heavy atom. The van der Waals surface area contributed by atoms with Crippen molar-refractivity contribution in [2.24, 2.45) is 0 Å². The zero-order chi connectivity index (χ0) is 30.0. The molecule has 12 heteroatoms. The Morgan fingerprint density at radius 3 is 2.17 bits per heavy atom. The number of methoxy groups -OCH3 is 1. The predicted molar refractivity (Wildman–Crippen MR) is 150 cm³/mol. The molecule has 1 fully saturated rings. The minimum Gasteiger partial charge on any atom is -0.495 e. The highest BCUT2D eigenvalue weighted by atomic mass is 32.2. The van der Waals surface area contributed by atoms with Crippen LogP contribution >= 0.6 is 0 Å². The number of nitrogens with zero attached hydrogens (tertiary/aromatic N) is 1. The molecule has 0 unspecified atom stereocenters. The van der Waals surface area contributed by atoms with E-state index in [0.29, 0.717) is 11.8 Å². The molecule has 0 bridgehead atoms. The fourth-order valence-electron chi connectivity index (χ4n) is 4.25. The van der Waals surface area contributed by atoms with Gasteiger partial charge in [-0.15, -0.1) is 0 Å². The summed E-state index contributed by atoms with van der Waals surface area (Å²) in [6.45, 7) is 3.26. The van der Waals surface area contributed by atoms with Crippen LogP contribution in [0.5, 0.6) is 5.75 Å². The Labute approximate surface area is 238 Å². The van der Waals surface area contributed by atoms with Crippen molar-refractivity contribution >= 4 is 16.0 Å². The molecule has 0 saturated carbocycles. The van der Waals surface area contributed by atoms with Gasteiger partial charge in [0.1, 0.15) is 10.6 Å². The van der Waals surface area contributed by atoms with E-state index >= 15 is 0 Å². The number of aliphatic carboxylic acids is 1. The normalized spacial score (nSPS) is 14.7. The van der Waals surface area contributed by atoms with E-state index in [1.807, 2.05) is 48.5 Å². The van der Waals surface area contributed by atoms with Crippen LogP contribution < -0.4 is 14.8 Å². The molecule has 0 amide bonds. The lowest BCUT2D eigenvalue weighted by Gasteiger charge is -2.29. The number of likely N-dealkylation sites (tertiary alicyclic amines) is 1. The molecule has 41 heavy (non-hydrogen) atoms. The summed E-state index contributed by atoms with van der Waals surface area (Å²) in [5, 5.41) is 10.8. The molecule has 0 aliphatic carbocycles. The summed E-state index contributed by atoms with van der Waals surface area (Å²) in [5.41, 5.74) is 3.89. The monoisotopic (exact) mass is 593 g/mol. The van der Waals surface area contributed by atoms with Crippen LogP contribution in [0, 0.1) is 0 Å². The maximum absolute atomic E-state index is 13.1. The van der Waals surface area contributed by atoms with Crippen molar-refractivity contribution < 1.29 is 36.2 Å². The third-order valence-electron chi connectivity index (χ3n) is 6.58. The number of piperidine rings is 1. The van der Waals surface area contributed by atoms with E-state index in [4.69, 9.17) is 14.6 Å². The quantitative estimate of drug-likeness (QED) is 0.331. The summed E-state index contributed by atoms with van der Waals surface area (Å²) >= 11 is 0. The standard InChI is InChI=1S/C27H33N3O3S.C2HF3O2/c1-30-15-13-25(14-16-30)28-19-22-9-6-10-23(17-22)24-11-12-26(33-2)27(18-24)34(31,32)29-20-21-7-4-3-5-8-21;3-2(4,5)1(6)7/h3-12,17-18,25,28-29H,13-16,19-20H2,1-2H3;(H,6,7).